The number of amides is 1. The lowest BCUT2D eigenvalue weighted by atomic mass is 10.1. The van der Waals surface area contributed by atoms with Gasteiger partial charge < -0.3 is 10.2 Å². The number of hydrogen-bond donors (Lipinski definition) is 1. The van der Waals surface area contributed by atoms with Crippen molar-refractivity contribution in [1.82, 2.24) is 9.29 Å². The average molecular weight is 443 g/mol. The third-order valence-corrected chi connectivity index (χ3v) is 7.99. The van der Waals surface area contributed by atoms with E-state index in [0.717, 1.165) is 56.6 Å². The maximum Gasteiger partial charge on any atom is 0.256 e. The molecule has 0 aliphatic carbocycles. The molecule has 4 rings (SSSR count). The topological polar surface area (TPSA) is 82.6 Å². The van der Waals surface area contributed by atoms with E-state index < -0.39 is 10.0 Å². The number of pyridine rings is 1. The van der Waals surface area contributed by atoms with Gasteiger partial charge in [0.15, 0.2) is 5.82 Å². The number of nitrogens with zero attached hydrogens (tertiary/aromatic N) is 3. The number of carbonyl (C=O) groups excluding carboxylic acids is 1. The molecule has 2 aliphatic rings. The second kappa shape index (κ2) is 9.36. The summed E-state index contributed by atoms with van der Waals surface area (Å²) < 4.78 is 27.7. The minimum atomic E-state index is -3.60. The van der Waals surface area contributed by atoms with Gasteiger partial charge in [0, 0.05) is 37.9 Å². The number of piperidine rings is 2. The van der Waals surface area contributed by atoms with Crippen molar-refractivity contribution in [2.45, 2.75) is 50.3 Å². The molecule has 2 aromatic rings. The van der Waals surface area contributed by atoms with E-state index in [-0.39, 0.29) is 10.8 Å². The van der Waals surface area contributed by atoms with E-state index in [1.54, 1.807) is 24.4 Å². The molecular formula is C23H30N4O3S. The van der Waals surface area contributed by atoms with Crippen LogP contribution >= 0.6 is 0 Å². The molecule has 2 fully saturated rings. The van der Waals surface area contributed by atoms with Gasteiger partial charge in [-0.25, -0.2) is 13.4 Å². The van der Waals surface area contributed by atoms with Gasteiger partial charge >= 0.3 is 0 Å². The Morgan fingerprint density at radius 2 is 1.65 bits per heavy atom. The summed E-state index contributed by atoms with van der Waals surface area (Å²) in [6.45, 7) is 4.73. The molecule has 8 heteroatoms. The summed E-state index contributed by atoms with van der Waals surface area (Å²) in [4.78, 5) is 20.0. The summed E-state index contributed by atoms with van der Waals surface area (Å²) in [5.41, 5.74) is 1.75. The summed E-state index contributed by atoms with van der Waals surface area (Å²) in [7, 11) is -3.60. The van der Waals surface area contributed by atoms with E-state index in [9.17, 15) is 13.2 Å². The number of aromatic nitrogens is 1. The Bertz CT molecular complexity index is 1040. The Hall–Kier alpha value is -2.45. The van der Waals surface area contributed by atoms with E-state index in [1.807, 2.05) is 13.0 Å². The molecule has 2 saturated heterocycles. The van der Waals surface area contributed by atoms with Crippen LogP contribution in [0.1, 0.15) is 54.4 Å². The fraction of sp³-hybridized carbons (Fsp3) is 0.478. The van der Waals surface area contributed by atoms with Gasteiger partial charge in [0.25, 0.3) is 5.91 Å². The highest BCUT2D eigenvalue weighted by atomic mass is 32.2. The number of aryl methyl sites for hydroxylation is 1. The molecular weight excluding hydrogens is 412 g/mol. The van der Waals surface area contributed by atoms with Crippen LogP contribution in [-0.4, -0.2) is 49.8 Å². The molecule has 0 bridgehead atoms. The number of sulfonamides is 1. The van der Waals surface area contributed by atoms with Crippen molar-refractivity contribution in [2.24, 2.45) is 0 Å². The van der Waals surface area contributed by atoms with Gasteiger partial charge in [-0.1, -0.05) is 12.5 Å². The van der Waals surface area contributed by atoms with Gasteiger partial charge in [0.1, 0.15) is 0 Å². The first kappa shape index (κ1) is 21.8. The third-order valence-electron chi connectivity index (χ3n) is 6.10. The second-order valence-electron chi connectivity index (χ2n) is 8.32. The van der Waals surface area contributed by atoms with Crippen LogP contribution < -0.4 is 10.2 Å². The number of carbonyl (C=O) groups is 1. The number of hydrogen-bond acceptors (Lipinski definition) is 5. The molecule has 0 unspecified atom stereocenters. The van der Waals surface area contributed by atoms with Crippen LogP contribution in [0, 0.1) is 6.92 Å². The van der Waals surface area contributed by atoms with Crippen molar-refractivity contribution in [2.75, 3.05) is 36.4 Å². The molecule has 0 radical (unpaired) electrons. The van der Waals surface area contributed by atoms with Crippen LogP contribution in [-0.2, 0) is 10.0 Å². The van der Waals surface area contributed by atoms with Crippen LogP contribution in [0.4, 0.5) is 11.5 Å². The van der Waals surface area contributed by atoms with Gasteiger partial charge in [-0.2, -0.15) is 4.31 Å². The van der Waals surface area contributed by atoms with Gasteiger partial charge in [0.05, 0.1) is 10.6 Å². The predicted molar refractivity (Wildman–Crippen MR) is 122 cm³/mol. The highest BCUT2D eigenvalue weighted by Crippen LogP contribution is 2.27. The Kier molecular flexibility index (Phi) is 6.57. The number of benzene rings is 1. The standard InChI is InChI=1S/C23H30N4O3S/c1-18-10-11-19(31(29,30)27-15-6-3-7-16-27)17-20(18)23(28)25-21-9-8-12-24-22(21)26-13-4-2-5-14-26/h8-12,17H,2-7,13-16H2,1H3,(H,25,28). The maximum absolute atomic E-state index is 13.2. The van der Waals surface area contributed by atoms with Crippen LogP contribution in [0.5, 0.6) is 0 Å². The molecule has 2 aliphatic heterocycles. The van der Waals surface area contributed by atoms with E-state index in [0.29, 0.717) is 24.3 Å². The molecule has 31 heavy (non-hydrogen) atoms. The van der Waals surface area contributed by atoms with Crippen LogP contribution in [0.2, 0.25) is 0 Å². The van der Waals surface area contributed by atoms with Crippen LogP contribution in [0.3, 0.4) is 0 Å². The summed E-state index contributed by atoms with van der Waals surface area (Å²) in [5.74, 6) is 0.449. The second-order valence-corrected chi connectivity index (χ2v) is 10.3. The average Bonchev–Trinajstić information content (AvgIpc) is 2.80. The molecule has 1 aromatic carbocycles. The first-order valence-corrected chi connectivity index (χ1v) is 12.5. The zero-order valence-electron chi connectivity index (χ0n) is 18.0. The van der Waals surface area contributed by atoms with Crippen molar-refractivity contribution in [3.63, 3.8) is 0 Å². The summed E-state index contributed by atoms with van der Waals surface area (Å²) in [6.07, 6.45) is 7.97. The lowest BCUT2D eigenvalue weighted by molar-refractivity contribution is 0.102. The monoisotopic (exact) mass is 442 g/mol. The number of anilines is 2. The molecule has 166 valence electrons. The molecule has 1 amide bonds. The minimum absolute atomic E-state index is 0.174. The predicted octanol–water partition coefficient (Wildman–Crippen LogP) is 3.81. The zero-order chi connectivity index (χ0) is 21.8. The van der Waals surface area contributed by atoms with E-state index in [4.69, 9.17) is 0 Å². The molecule has 0 spiro atoms. The van der Waals surface area contributed by atoms with Gasteiger partial charge in [0.2, 0.25) is 10.0 Å². The molecule has 0 atom stereocenters. The Balaban J connectivity index is 1.59. The van der Waals surface area contributed by atoms with Crippen molar-refractivity contribution in [3.05, 3.63) is 47.7 Å². The van der Waals surface area contributed by atoms with Gasteiger partial charge in [-0.3, -0.25) is 4.79 Å². The summed E-state index contributed by atoms with van der Waals surface area (Å²) in [5, 5.41) is 2.97. The maximum atomic E-state index is 13.2. The van der Waals surface area contributed by atoms with Gasteiger partial charge in [-0.05, 0) is 68.9 Å². The Morgan fingerprint density at radius 1 is 0.968 bits per heavy atom. The number of rotatable bonds is 5. The lowest BCUT2D eigenvalue weighted by Gasteiger charge is -2.29. The van der Waals surface area contributed by atoms with Crippen molar-refractivity contribution < 1.29 is 13.2 Å². The van der Waals surface area contributed by atoms with Crippen molar-refractivity contribution in [3.8, 4) is 0 Å². The zero-order valence-corrected chi connectivity index (χ0v) is 18.8. The van der Waals surface area contributed by atoms with E-state index >= 15 is 0 Å². The first-order chi connectivity index (χ1) is 15.0. The molecule has 1 N–H and O–H groups in total. The van der Waals surface area contributed by atoms with Crippen LogP contribution in [0.15, 0.2) is 41.4 Å². The minimum Gasteiger partial charge on any atom is -0.355 e. The molecule has 7 nitrogen and oxygen atoms in total. The molecule has 0 saturated carbocycles. The van der Waals surface area contributed by atoms with Crippen molar-refractivity contribution in [1.29, 1.82) is 0 Å². The first-order valence-electron chi connectivity index (χ1n) is 11.1. The molecule has 3 heterocycles. The quantitative estimate of drug-likeness (QED) is 0.761. The Morgan fingerprint density at radius 3 is 2.35 bits per heavy atom. The van der Waals surface area contributed by atoms with E-state index in [2.05, 4.69) is 15.2 Å². The highest BCUT2D eigenvalue weighted by molar-refractivity contribution is 7.89. The third kappa shape index (κ3) is 4.75. The van der Waals surface area contributed by atoms with Crippen LogP contribution in [0.25, 0.3) is 0 Å². The summed E-state index contributed by atoms with van der Waals surface area (Å²) in [6, 6.07) is 8.46. The summed E-state index contributed by atoms with van der Waals surface area (Å²) >= 11 is 0. The normalized spacial score (nSPS) is 18.0. The van der Waals surface area contributed by atoms with Gasteiger partial charge in [-0.15, -0.1) is 0 Å². The SMILES string of the molecule is Cc1ccc(S(=O)(=O)N2CCCCC2)cc1C(=O)Nc1cccnc1N1CCCCC1. The fourth-order valence-electron chi connectivity index (χ4n) is 4.30. The molecule has 1 aromatic heterocycles. The smallest absolute Gasteiger partial charge is 0.256 e. The largest absolute Gasteiger partial charge is 0.355 e. The Labute approximate surface area is 184 Å². The van der Waals surface area contributed by atoms with E-state index in [1.165, 1.54) is 16.8 Å². The fourth-order valence-corrected chi connectivity index (χ4v) is 5.85. The van der Waals surface area contributed by atoms with Crippen molar-refractivity contribution >= 4 is 27.4 Å². The number of nitrogens with one attached hydrogen (secondary N) is 1. The highest BCUT2D eigenvalue weighted by Gasteiger charge is 2.27. The lowest BCUT2D eigenvalue weighted by Crippen LogP contribution is -2.35.